The number of rotatable bonds is 4. The van der Waals surface area contributed by atoms with Gasteiger partial charge in [0, 0.05) is 57.0 Å². The molecule has 0 aliphatic carbocycles. The number of anilines is 3. The Kier molecular flexibility index (Phi) is 5.23. The molecule has 6 heteroatoms. The highest BCUT2D eigenvalue weighted by Crippen LogP contribution is 2.36. The zero-order valence-corrected chi connectivity index (χ0v) is 16.7. The van der Waals surface area contributed by atoms with E-state index >= 15 is 0 Å². The zero-order valence-electron chi connectivity index (χ0n) is 15.9. The molecule has 0 unspecified atom stereocenters. The van der Waals surface area contributed by atoms with Gasteiger partial charge in [-0.15, -0.1) is 0 Å². The monoisotopic (exact) mass is 383 g/mol. The largest absolute Gasteiger partial charge is 0.371 e. The molecule has 5 nitrogen and oxygen atoms in total. The van der Waals surface area contributed by atoms with Gasteiger partial charge < -0.3 is 20.0 Å². The Morgan fingerprint density at radius 1 is 1.15 bits per heavy atom. The highest BCUT2D eigenvalue weighted by Gasteiger charge is 2.28. The van der Waals surface area contributed by atoms with Crippen molar-refractivity contribution in [3.63, 3.8) is 0 Å². The molecule has 2 aliphatic rings. The second kappa shape index (κ2) is 7.79. The number of nitrogens with zero attached hydrogens (tertiary/aromatic N) is 4. The van der Waals surface area contributed by atoms with Crippen LogP contribution in [0.3, 0.4) is 0 Å². The van der Waals surface area contributed by atoms with Gasteiger partial charge in [0.05, 0.1) is 10.7 Å². The summed E-state index contributed by atoms with van der Waals surface area (Å²) in [6.07, 6.45) is 8.19. The predicted octanol–water partition coefficient (Wildman–Crippen LogP) is 3.85. The first kappa shape index (κ1) is 18.1. The van der Waals surface area contributed by atoms with Gasteiger partial charge in [-0.2, -0.15) is 0 Å². The topological polar surface area (TPSA) is 34.6 Å². The SMILES string of the molecule is CNCc1ccc(N2CCC(N3C=CN(C)c4cc(Cl)cnc43)CC2)cc1. The van der Waals surface area contributed by atoms with E-state index in [1.165, 1.54) is 11.3 Å². The van der Waals surface area contributed by atoms with Crippen molar-refractivity contribution in [2.75, 3.05) is 41.9 Å². The van der Waals surface area contributed by atoms with Gasteiger partial charge in [0.25, 0.3) is 0 Å². The van der Waals surface area contributed by atoms with Crippen molar-refractivity contribution in [2.45, 2.75) is 25.4 Å². The van der Waals surface area contributed by atoms with Crippen molar-refractivity contribution in [1.82, 2.24) is 10.3 Å². The number of nitrogens with one attached hydrogen (secondary N) is 1. The lowest BCUT2D eigenvalue weighted by Gasteiger charge is -2.41. The minimum Gasteiger partial charge on any atom is -0.371 e. The van der Waals surface area contributed by atoms with Gasteiger partial charge in [0.1, 0.15) is 0 Å². The molecule has 1 N–H and O–H groups in total. The van der Waals surface area contributed by atoms with Crippen molar-refractivity contribution < 1.29 is 0 Å². The fraction of sp³-hybridized carbons (Fsp3) is 0.381. The number of hydrogen-bond acceptors (Lipinski definition) is 5. The summed E-state index contributed by atoms with van der Waals surface area (Å²) in [5.41, 5.74) is 3.69. The van der Waals surface area contributed by atoms with Crippen LogP contribution in [0.4, 0.5) is 17.2 Å². The van der Waals surface area contributed by atoms with E-state index in [2.05, 4.69) is 61.7 Å². The highest BCUT2D eigenvalue weighted by atomic mass is 35.5. The molecule has 0 saturated carbocycles. The van der Waals surface area contributed by atoms with E-state index in [9.17, 15) is 0 Å². The fourth-order valence-corrected chi connectivity index (χ4v) is 4.08. The summed E-state index contributed by atoms with van der Waals surface area (Å²) in [5, 5.41) is 3.87. The van der Waals surface area contributed by atoms with Crippen LogP contribution in [0.15, 0.2) is 48.9 Å². The van der Waals surface area contributed by atoms with Crippen molar-refractivity contribution >= 4 is 28.8 Å². The molecule has 27 heavy (non-hydrogen) atoms. The highest BCUT2D eigenvalue weighted by molar-refractivity contribution is 6.30. The first-order valence-corrected chi connectivity index (χ1v) is 9.87. The van der Waals surface area contributed by atoms with Gasteiger partial charge in [0.15, 0.2) is 5.82 Å². The Labute approximate surface area is 166 Å². The van der Waals surface area contributed by atoms with E-state index in [0.717, 1.165) is 44.0 Å². The third-order valence-corrected chi connectivity index (χ3v) is 5.64. The first-order chi connectivity index (χ1) is 13.2. The van der Waals surface area contributed by atoms with E-state index < -0.39 is 0 Å². The van der Waals surface area contributed by atoms with E-state index in [1.807, 2.05) is 20.2 Å². The molecule has 0 spiro atoms. The molecule has 0 atom stereocenters. The summed E-state index contributed by atoms with van der Waals surface area (Å²) in [6, 6.07) is 11.4. The van der Waals surface area contributed by atoms with Gasteiger partial charge in [0.2, 0.25) is 0 Å². The standard InChI is InChI=1S/C21H26ClN5/c1-23-14-16-3-5-18(6-4-16)26-9-7-19(8-10-26)27-12-11-25(2)20-13-17(22)15-24-21(20)27/h3-6,11-13,15,19,23H,7-10,14H2,1-2H3. The third kappa shape index (κ3) is 3.75. The fourth-order valence-electron chi connectivity index (χ4n) is 3.93. The van der Waals surface area contributed by atoms with E-state index in [1.54, 1.807) is 6.20 Å². The molecule has 3 heterocycles. The summed E-state index contributed by atoms with van der Waals surface area (Å²) in [5.74, 6) is 0.999. The molecule has 0 bridgehead atoms. The Morgan fingerprint density at radius 3 is 2.59 bits per heavy atom. The maximum Gasteiger partial charge on any atom is 0.156 e. The van der Waals surface area contributed by atoms with Crippen LogP contribution in [0, 0.1) is 0 Å². The van der Waals surface area contributed by atoms with Crippen molar-refractivity contribution in [2.24, 2.45) is 0 Å². The molecule has 1 aromatic carbocycles. The normalized spacial score (nSPS) is 17.4. The number of aromatic nitrogens is 1. The maximum absolute atomic E-state index is 6.15. The number of fused-ring (bicyclic) bond motifs is 1. The summed E-state index contributed by atoms with van der Waals surface area (Å²) in [7, 11) is 4.01. The van der Waals surface area contributed by atoms with Crippen LogP contribution in [0.5, 0.6) is 0 Å². The molecule has 2 aliphatic heterocycles. The molecule has 0 radical (unpaired) electrons. The average Bonchev–Trinajstić information content (AvgIpc) is 2.70. The lowest BCUT2D eigenvalue weighted by atomic mass is 10.0. The van der Waals surface area contributed by atoms with Gasteiger partial charge in [-0.05, 0) is 43.7 Å². The predicted molar refractivity (Wildman–Crippen MR) is 114 cm³/mol. The van der Waals surface area contributed by atoms with Crippen LogP contribution in [0.1, 0.15) is 18.4 Å². The second-order valence-corrected chi connectivity index (χ2v) is 7.66. The molecule has 1 fully saturated rings. The van der Waals surface area contributed by atoms with Crippen LogP contribution in [0.2, 0.25) is 5.02 Å². The van der Waals surface area contributed by atoms with Crippen molar-refractivity contribution in [3.8, 4) is 0 Å². The summed E-state index contributed by atoms with van der Waals surface area (Å²) in [4.78, 5) is 11.5. The van der Waals surface area contributed by atoms with Gasteiger partial charge >= 0.3 is 0 Å². The second-order valence-electron chi connectivity index (χ2n) is 7.23. The van der Waals surface area contributed by atoms with E-state index in [-0.39, 0.29) is 0 Å². The summed E-state index contributed by atoms with van der Waals surface area (Å²) in [6.45, 7) is 3.02. The minimum atomic E-state index is 0.460. The van der Waals surface area contributed by atoms with Crippen LogP contribution in [0.25, 0.3) is 0 Å². The Bertz CT molecular complexity index is 812. The first-order valence-electron chi connectivity index (χ1n) is 9.49. The number of pyridine rings is 1. The van der Waals surface area contributed by atoms with E-state index in [4.69, 9.17) is 11.6 Å². The summed E-state index contributed by atoms with van der Waals surface area (Å²) >= 11 is 6.15. The molecular formula is C21H26ClN5. The van der Waals surface area contributed by atoms with Crippen molar-refractivity contribution in [3.05, 3.63) is 59.5 Å². The molecule has 2 aromatic rings. The maximum atomic E-state index is 6.15. The molecule has 4 rings (SSSR count). The molecule has 142 valence electrons. The molecule has 1 saturated heterocycles. The zero-order chi connectivity index (χ0) is 18.8. The molecular weight excluding hydrogens is 358 g/mol. The quantitative estimate of drug-likeness (QED) is 0.867. The number of piperidine rings is 1. The number of hydrogen-bond donors (Lipinski definition) is 1. The van der Waals surface area contributed by atoms with Crippen LogP contribution in [-0.4, -0.2) is 38.2 Å². The van der Waals surface area contributed by atoms with E-state index in [0.29, 0.717) is 11.1 Å². The Hall–Kier alpha value is -2.24. The number of halogens is 1. The Balaban J connectivity index is 1.44. The van der Waals surface area contributed by atoms with Crippen LogP contribution >= 0.6 is 11.6 Å². The van der Waals surface area contributed by atoms with Gasteiger partial charge in [-0.25, -0.2) is 4.98 Å². The lowest BCUT2D eigenvalue weighted by Crippen LogP contribution is -2.44. The average molecular weight is 384 g/mol. The number of benzene rings is 1. The lowest BCUT2D eigenvalue weighted by molar-refractivity contribution is 0.487. The van der Waals surface area contributed by atoms with Crippen molar-refractivity contribution in [1.29, 1.82) is 0 Å². The molecule has 0 amide bonds. The Morgan fingerprint density at radius 2 is 1.89 bits per heavy atom. The smallest absolute Gasteiger partial charge is 0.156 e. The molecule has 1 aromatic heterocycles. The minimum absolute atomic E-state index is 0.460. The summed E-state index contributed by atoms with van der Waals surface area (Å²) < 4.78 is 0. The van der Waals surface area contributed by atoms with Crippen LogP contribution in [-0.2, 0) is 6.54 Å². The van der Waals surface area contributed by atoms with Crippen LogP contribution < -0.4 is 20.0 Å². The third-order valence-electron chi connectivity index (χ3n) is 5.43. The van der Waals surface area contributed by atoms with Gasteiger partial charge in [-0.3, -0.25) is 0 Å². The van der Waals surface area contributed by atoms with Gasteiger partial charge in [-0.1, -0.05) is 23.7 Å².